The van der Waals surface area contributed by atoms with Crippen LogP contribution in [0.4, 0.5) is 8.78 Å². The lowest BCUT2D eigenvalue weighted by Crippen LogP contribution is -1.96. The second-order valence-electron chi connectivity index (χ2n) is 3.26. The van der Waals surface area contributed by atoms with Crippen molar-refractivity contribution in [2.45, 2.75) is 12.5 Å². The van der Waals surface area contributed by atoms with Gasteiger partial charge >= 0.3 is 0 Å². The predicted octanol–water partition coefficient (Wildman–Crippen LogP) is 3.74. The number of ether oxygens (including phenoxy) is 1. The zero-order chi connectivity index (χ0) is 12.3. The van der Waals surface area contributed by atoms with Crippen LogP contribution < -0.4 is 4.74 Å². The molecule has 1 aromatic carbocycles. The zero-order valence-corrected chi connectivity index (χ0v) is 10.2. The molecule has 0 radical (unpaired) electrons. The third-order valence-corrected chi connectivity index (χ3v) is 3.08. The van der Waals surface area contributed by atoms with Crippen molar-refractivity contribution in [3.8, 4) is 5.75 Å². The Balaban J connectivity index is 2.01. The normalized spacial score (nSPS) is 10.5. The van der Waals surface area contributed by atoms with Crippen LogP contribution in [0.25, 0.3) is 0 Å². The summed E-state index contributed by atoms with van der Waals surface area (Å²) in [5.41, 5.74) is 0.765. The lowest BCUT2D eigenvalue weighted by atomic mass is 10.3. The lowest BCUT2D eigenvalue weighted by Gasteiger charge is -2.04. The fourth-order valence-corrected chi connectivity index (χ4v) is 2.17. The van der Waals surface area contributed by atoms with Gasteiger partial charge < -0.3 is 4.74 Å². The first-order valence-electron chi connectivity index (χ1n) is 4.75. The first kappa shape index (κ1) is 12.3. The summed E-state index contributed by atoms with van der Waals surface area (Å²) in [7, 11) is 0. The van der Waals surface area contributed by atoms with Crippen molar-refractivity contribution in [3.63, 3.8) is 0 Å². The summed E-state index contributed by atoms with van der Waals surface area (Å²) >= 11 is 7.00. The Kier molecular flexibility index (Phi) is 3.91. The topological polar surface area (TPSA) is 22.1 Å². The maximum Gasteiger partial charge on any atom is 0.140 e. The van der Waals surface area contributed by atoms with E-state index in [2.05, 4.69) is 4.98 Å². The Hall–Kier alpha value is -1.20. The molecule has 0 unspecified atom stereocenters. The molecule has 0 saturated heterocycles. The number of nitrogens with zero attached hydrogens (tertiary/aromatic N) is 1. The number of benzene rings is 1. The van der Waals surface area contributed by atoms with E-state index in [4.69, 9.17) is 16.3 Å². The molecule has 0 N–H and O–H groups in total. The summed E-state index contributed by atoms with van der Waals surface area (Å²) in [5.74, 6) is -0.850. The molecule has 0 amide bonds. The van der Waals surface area contributed by atoms with Crippen LogP contribution in [0.5, 0.6) is 5.75 Å². The summed E-state index contributed by atoms with van der Waals surface area (Å²) in [6.45, 7) is 0.171. The van der Waals surface area contributed by atoms with E-state index in [0.717, 1.165) is 23.9 Å². The summed E-state index contributed by atoms with van der Waals surface area (Å²) in [6.07, 6.45) is 0. The minimum Gasteiger partial charge on any atom is -0.486 e. The monoisotopic (exact) mass is 275 g/mol. The maximum atomic E-state index is 12.9. The number of alkyl halides is 1. The highest BCUT2D eigenvalue weighted by molar-refractivity contribution is 7.09. The lowest BCUT2D eigenvalue weighted by molar-refractivity contribution is 0.302. The molecule has 0 fully saturated rings. The van der Waals surface area contributed by atoms with Crippen molar-refractivity contribution in [3.05, 3.63) is 45.9 Å². The van der Waals surface area contributed by atoms with E-state index in [0.29, 0.717) is 10.9 Å². The molecule has 1 heterocycles. The highest BCUT2D eigenvalue weighted by Crippen LogP contribution is 2.18. The van der Waals surface area contributed by atoms with E-state index in [9.17, 15) is 8.78 Å². The van der Waals surface area contributed by atoms with Crippen LogP contribution in [0.1, 0.15) is 10.7 Å². The fourth-order valence-electron chi connectivity index (χ4n) is 1.23. The van der Waals surface area contributed by atoms with Crippen molar-refractivity contribution in [2.24, 2.45) is 0 Å². The quantitative estimate of drug-likeness (QED) is 0.793. The van der Waals surface area contributed by atoms with Crippen molar-refractivity contribution in [1.82, 2.24) is 4.98 Å². The Morgan fingerprint density at radius 3 is 2.53 bits per heavy atom. The van der Waals surface area contributed by atoms with Gasteiger partial charge in [-0.15, -0.1) is 22.9 Å². The number of rotatable bonds is 4. The molecule has 0 atom stereocenters. The number of halogens is 3. The average Bonchev–Trinajstić information content (AvgIpc) is 2.73. The highest BCUT2D eigenvalue weighted by Gasteiger charge is 2.04. The minimum atomic E-state index is -0.666. The molecule has 2 aromatic rings. The van der Waals surface area contributed by atoms with E-state index < -0.39 is 11.6 Å². The Morgan fingerprint density at radius 2 is 1.94 bits per heavy atom. The van der Waals surface area contributed by atoms with Crippen LogP contribution in [0.2, 0.25) is 0 Å². The van der Waals surface area contributed by atoms with Crippen LogP contribution >= 0.6 is 22.9 Å². The summed E-state index contributed by atoms with van der Waals surface area (Å²) < 4.78 is 31.0. The van der Waals surface area contributed by atoms with E-state index >= 15 is 0 Å². The number of aromatic nitrogens is 1. The van der Waals surface area contributed by atoms with Crippen LogP contribution in [-0.2, 0) is 12.5 Å². The number of hydrogen-bond acceptors (Lipinski definition) is 3. The van der Waals surface area contributed by atoms with E-state index in [1.165, 1.54) is 11.3 Å². The second kappa shape index (κ2) is 5.42. The third kappa shape index (κ3) is 3.38. The van der Waals surface area contributed by atoms with Crippen molar-refractivity contribution < 1.29 is 13.5 Å². The predicted molar refractivity (Wildman–Crippen MR) is 62.4 cm³/mol. The summed E-state index contributed by atoms with van der Waals surface area (Å²) in [6, 6.07) is 3.04. The van der Waals surface area contributed by atoms with Gasteiger partial charge in [-0.25, -0.2) is 13.8 Å². The molecule has 6 heteroatoms. The molecular weight excluding hydrogens is 268 g/mol. The fraction of sp³-hybridized carbons (Fsp3) is 0.182. The van der Waals surface area contributed by atoms with Gasteiger partial charge in [-0.1, -0.05) is 0 Å². The van der Waals surface area contributed by atoms with E-state index in [-0.39, 0.29) is 12.4 Å². The summed E-state index contributed by atoms with van der Waals surface area (Å²) in [4.78, 5) is 4.16. The molecule has 0 saturated carbocycles. The van der Waals surface area contributed by atoms with Gasteiger partial charge in [0.15, 0.2) is 0 Å². The molecule has 17 heavy (non-hydrogen) atoms. The van der Waals surface area contributed by atoms with E-state index in [1.54, 1.807) is 0 Å². The highest BCUT2D eigenvalue weighted by atomic mass is 35.5. The third-order valence-electron chi connectivity index (χ3n) is 1.93. The van der Waals surface area contributed by atoms with Gasteiger partial charge in [0.05, 0.1) is 11.6 Å². The molecule has 1 aromatic heterocycles. The van der Waals surface area contributed by atoms with Gasteiger partial charge in [0, 0.05) is 23.6 Å². The van der Waals surface area contributed by atoms with Crippen LogP contribution in [-0.4, -0.2) is 4.98 Å². The molecule has 0 aliphatic rings. The van der Waals surface area contributed by atoms with Gasteiger partial charge in [0.1, 0.15) is 29.0 Å². The molecule has 0 aliphatic carbocycles. The SMILES string of the molecule is Fc1cc(F)cc(OCc2nc(CCl)cs2)c1. The Labute approximate surface area is 106 Å². The zero-order valence-electron chi connectivity index (χ0n) is 8.62. The number of hydrogen-bond donors (Lipinski definition) is 0. The Bertz CT molecular complexity index is 498. The van der Waals surface area contributed by atoms with Crippen LogP contribution in [0.15, 0.2) is 23.6 Å². The summed E-state index contributed by atoms with van der Waals surface area (Å²) in [5, 5.41) is 2.53. The van der Waals surface area contributed by atoms with Gasteiger partial charge in [0.2, 0.25) is 0 Å². The van der Waals surface area contributed by atoms with Crippen LogP contribution in [0.3, 0.4) is 0 Å². The van der Waals surface area contributed by atoms with Gasteiger partial charge in [-0.3, -0.25) is 0 Å². The van der Waals surface area contributed by atoms with Gasteiger partial charge in [0.25, 0.3) is 0 Å². The molecule has 2 rings (SSSR count). The van der Waals surface area contributed by atoms with Crippen molar-refractivity contribution >= 4 is 22.9 Å². The van der Waals surface area contributed by atoms with Gasteiger partial charge in [-0.2, -0.15) is 0 Å². The largest absolute Gasteiger partial charge is 0.486 e. The van der Waals surface area contributed by atoms with E-state index in [1.807, 2.05) is 5.38 Å². The molecule has 0 bridgehead atoms. The molecular formula is C11H8ClF2NOS. The molecule has 0 aliphatic heterocycles. The molecule has 2 nitrogen and oxygen atoms in total. The van der Waals surface area contributed by atoms with Crippen molar-refractivity contribution in [2.75, 3.05) is 0 Å². The minimum absolute atomic E-state index is 0.144. The van der Waals surface area contributed by atoms with Crippen LogP contribution in [0, 0.1) is 11.6 Å². The molecule has 90 valence electrons. The molecule has 0 spiro atoms. The maximum absolute atomic E-state index is 12.9. The smallest absolute Gasteiger partial charge is 0.140 e. The first-order chi connectivity index (χ1) is 8.17. The standard InChI is InChI=1S/C11H8ClF2NOS/c12-4-9-6-17-11(15-9)5-16-10-2-7(13)1-8(14)3-10/h1-3,6H,4-5H2. The average molecular weight is 276 g/mol. The van der Waals surface area contributed by atoms with Gasteiger partial charge in [-0.05, 0) is 0 Å². The Morgan fingerprint density at radius 1 is 1.24 bits per heavy atom. The van der Waals surface area contributed by atoms with Crippen molar-refractivity contribution in [1.29, 1.82) is 0 Å². The number of thiazole rings is 1. The second-order valence-corrected chi connectivity index (χ2v) is 4.47. The first-order valence-corrected chi connectivity index (χ1v) is 6.17.